The van der Waals surface area contributed by atoms with E-state index in [1.807, 2.05) is 18.2 Å². The third kappa shape index (κ3) is 2.96. The Morgan fingerprint density at radius 2 is 2.43 bits per heavy atom. The lowest BCUT2D eigenvalue weighted by atomic mass is 10.3. The van der Waals surface area contributed by atoms with Gasteiger partial charge in [-0.2, -0.15) is 0 Å². The van der Waals surface area contributed by atoms with E-state index in [9.17, 15) is 4.79 Å². The maximum Gasteiger partial charge on any atom is 0.356 e. The summed E-state index contributed by atoms with van der Waals surface area (Å²) in [5, 5.41) is 0.761. The highest BCUT2D eigenvalue weighted by Gasteiger charge is 2.05. The van der Waals surface area contributed by atoms with Crippen molar-refractivity contribution < 1.29 is 9.53 Å². The van der Waals surface area contributed by atoms with Gasteiger partial charge in [0.2, 0.25) is 0 Å². The van der Waals surface area contributed by atoms with E-state index in [4.69, 9.17) is 0 Å². The SMILES string of the molecule is COC(=O)c1cccc(C=CCBr)n1. The monoisotopic (exact) mass is 255 g/mol. The summed E-state index contributed by atoms with van der Waals surface area (Å²) in [6.45, 7) is 0. The average molecular weight is 256 g/mol. The summed E-state index contributed by atoms with van der Waals surface area (Å²) in [5.74, 6) is -0.418. The Balaban J connectivity index is 2.89. The van der Waals surface area contributed by atoms with Crippen molar-refractivity contribution >= 4 is 28.0 Å². The standard InChI is InChI=1S/C10H10BrNO2/c1-14-10(13)9-6-2-4-8(12-9)5-3-7-11/h2-6H,7H2,1H3. The summed E-state index contributed by atoms with van der Waals surface area (Å²) >= 11 is 3.26. The predicted molar refractivity (Wildman–Crippen MR) is 58.4 cm³/mol. The molecule has 14 heavy (non-hydrogen) atoms. The fourth-order valence-electron chi connectivity index (χ4n) is 0.928. The van der Waals surface area contributed by atoms with Gasteiger partial charge in [0.05, 0.1) is 12.8 Å². The fourth-order valence-corrected chi connectivity index (χ4v) is 1.11. The molecule has 0 bridgehead atoms. The fraction of sp³-hybridized carbons (Fsp3) is 0.200. The van der Waals surface area contributed by atoms with Gasteiger partial charge in [-0.1, -0.05) is 28.1 Å². The molecule has 0 aliphatic rings. The zero-order valence-electron chi connectivity index (χ0n) is 7.74. The van der Waals surface area contributed by atoms with Gasteiger partial charge in [0, 0.05) is 5.33 Å². The second kappa shape index (κ2) is 5.54. The molecule has 0 N–H and O–H groups in total. The quantitative estimate of drug-likeness (QED) is 0.615. The highest BCUT2D eigenvalue weighted by Crippen LogP contribution is 2.03. The lowest BCUT2D eigenvalue weighted by Crippen LogP contribution is -2.04. The topological polar surface area (TPSA) is 39.2 Å². The van der Waals surface area contributed by atoms with Crippen LogP contribution in [0.1, 0.15) is 16.2 Å². The van der Waals surface area contributed by atoms with E-state index in [1.165, 1.54) is 7.11 Å². The molecule has 1 heterocycles. The van der Waals surface area contributed by atoms with E-state index in [0.29, 0.717) is 5.69 Å². The van der Waals surface area contributed by atoms with Crippen LogP contribution >= 0.6 is 15.9 Å². The van der Waals surface area contributed by atoms with Gasteiger partial charge >= 0.3 is 5.97 Å². The number of hydrogen-bond acceptors (Lipinski definition) is 3. The average Bonchev–Trinajstić information content (AvgIpc) is 2.25. The van der Waals surface area contributed by atoms with Crippen molar-refractivity contribution in [2.45, 2.75) is 0 Å². The molecule has 4 heteroatoms. The number of allylic oxidation sites excluding steroid dienone is 1. The van der Waals surface area contributed by atoms with Crippen LogP contribution in [-0.4, -0.2) is 23.4 Å². The molecule has 0 unspecified atom stereocenters. The van der Waals surface area contributed by atoms with Crippen molar-refractivity contribution in [1.29, 1.82) is 0 Å². The molecule has 0 fully saturated rings. The van der Waals surface area contributed by atoms with Crippen molar-refractivity contribution in [3.8, 4) is 0 Å². The van der Waals surface area contributed by atoms with Crippen molar-refractivity contribution in [3.63, 3.8) is 0 Å². The van der Waals surface area contributed by atoms with Crippen LogP contribution in [0.5, 0.6) is 0 Å². The molecule has 0 aromatic carbocycles. The molecule has 1 rings (SSSR count). The second-order valence-corrected chi connectivity index (χ2v) is 3.14. The summed E-state index contributed by atoms with van der Waals surface area (Å²) in [6.07, 6.45) is 3.74. The molecule has 0 saturated heterocycles. The van der Waals surface area contributed by atoms with Crippen molar-refractivity contribution in [2.24, 2.45) is 0 Å². The second-order valence-electron chi connectivity index (χ2n) is 2.50. The summed E-state index contributed by atoms with van der Waals surface area (Å²) in [4.78, 5) is 15.2. The van der Waals surface area contributed by atoms with Gasteiger partial charge in [0.15, 0.2) is 0 Å². The number of nitrogens with zero attached hydrogens (tertiary/aromatic N) is 1. The largest absolute Gasteiger partial charge is 0.464 e. The molecule has 74 valence electrons. The Labute approximate surface area is 90.9 Å². The van der Waals surface area contributed by atoms with Crippen LogP contribution in [0.4, 0.5) is 0 Å². The maximum absolute atomic E-state index is 11.1. The van der Waals surface area contributed by atoms with E-state index in [1.54, 1.807) is 12.1 Å². The smallest absolute Gasteiger partial charge is 0.356 e. The van der Waals surface area contributed by atoms with E-state index in [2.05, 4.69) is 25.7 Å². The highest BCUT2D eigenvalue weighted by atomic mass is 79.9. The number of halogens is 1. The molecule has 0 radical (unpaired) electrons. The molecule has 3 nitrogen and oxygen atoms in total. The first kappa shape index (κ1) is 10.9. The minimum absolute atomic E-state index is 0.323. The molecular formula is C10H10BrNO2. The number of methoxy groups -OCH3 is 1. The van der Waals surface area contributed by atoms with Crippen LogP contribution in [0.25, 0.3) is 6.08 Å². The molecule has 1 aromatic heterocycles. The molecule has 0 aliphatic carbocycles. The lowest BCUT2D eigenvalue weighted by Gasteiger charge is -1.98. The van der Waals surface area contributed by atoms with Gasteiger partial charge in [0.1, 0.15) is 5.69 Å². The maximum atomic E-state index is 11.1. The van der Waals surface area contributed by atoms with Crippen molar-refractivity contribution in [2.75, 3.05) is 12.4 Å². The number of alkyl halides is 1. The molecule has 0 amide bonds. The molecule has 1 aromatic rings. The van der Waals surface area contributed by atoms with E-state index < -0.39 is 5.97 Å². The van der Waals surface area contributed by atoms with E-state index in [0.717, 1.165) is 11.0 Å². The number of ether oxygens (including phenoxy) is 1. The van der Waals surface area contributed by atoms with Crippen LogP contribution in [0.2, 0.25) is 0 Å². The highest BCUT2D eigenvalue weighted by molar-refractivity contribution is 9.09. The predicted octanol–water partition coefficient (Wildman–Crippen LogP) is 2.28. The molecule has 0 atom stereocenters. The van der Waals surface area contributed by atoms with Gasteiger partial charge in [0.25, 0.3) is 0 Å². The summed E-state index contributed by atoms with van der Waals surface area (Å²) in [6, 6.07) is 5.22. The number of pyridine rings is 1. The van der Waals surface area contributed by atoms with E-state index >= 15 is 0 Å². The van der Waals surface area contributed by atoms with Crippen LogP contribution in [0.3, 0.4) is 0 Å². The molecule has 0 spiro atoms. The van der Waals surface area contributed by atoms with Gasteiger partial charge in [-0.3, -0.25) is 0 Å². The normalized spacial score (nSPS) is 10.4. The first-order valence-electron chi connectivity index (χ1n) is 4.06. The number of carbonyl (C=O) groups excluding carboxylic acids is 1. The summed E-state index contributed by atoms with van der Waals surface area (Å²) in [5.41, 5.74) is 1.07. The Morgan fingerprint density at radius 1 is 1.64 bits per heavy atom. The first-order chi connectivity index (χ1) is 6.77. The van der Waals surface area contributed by atoms with Crippen molar-refractivity contribution in [3.05, 3.63) is 35.7 Å². The zero-order valence-corrected chi connectivity index (χ0v) is 9.32. The van der Waals surface area contributed by atoms with E-state index in [-0.39, 0.29) is 0 Å². The Bertz CT molecular complexity index is 350. The number of hydrogen-bond donors (Lipinski definition) is 0. The lowest BCUT2D eigenvalue weighted by molar-refractivity contribution is 0.0594. The summed E-state index contributed by atoms with van der Waals surface area (Å²) < 4.78 is 4.56. The van der Waals surface area contributed by atoms with Crippen LogP contribution in [0.15, 0.2) is 24.3 Å². The Hall–Kier alpha value is -1.16. The first-order valence-corrected chi connectivity index (χ1v) is 5.18. The minimum Gasteiger partial charge on any atom is -0.464 e. The molecule has 0 aliphatic heterocycles. The van der Waals surface area contributed by atoms with Crippen LogP contribution in [-0.2, 0) is 4.74 Å². The molecular weight excluding hydrogens is 246 g/mol. The van der Waals surface area contributed by atoms with Gasteiger partial charge in [-0.25, -0.2) is 9.78 Å². The number of carbonyl (C=O) groups is 1. The van der Waals surface area contributed by atoms with Crippen LogP contribution < -0.4 is 0 Å². The Kier molecular flexibility index (Phi) is 4.32. The van der Waals surface area contributed by atoms with Gasteiger partial charge < -0.3 is 4.74 Å². The third-order valence-corrected chi connectivity index (χ3v) is 1.92. The minimum atomic E-state index is -0.418. The molecule has 0 saturated carbocycles. The zero-order chi connectivity index (χ0) is 10.4. The number of rotatable bonds is 3. The Morgan fingerprint density at radius 3 is 3.07 bits per heavy atom. The number of aromatic nitrogens is 1. The number of esters is 1. The van der Waals surface area contributed by atoms with Crippen molar-refractivity contribution in [1.82, 2.24) is 4.98 Å². The van der Waals surface area contributed by atoms with Crippen LogP contribution in [0, 0.1) is 0 Å². The van der Waals surface area contributed by atoms with Gasteiger partial charge in [-0.05, 0) is 18.2 Å². The van der Waals surface area contributed by atoms with Gasteiger partial charge in [-0.15, -0.1) is 0 Å². The summed E-state index contributed by atoms with van der Waals surface area (Å²) in [7, 11) is 1.34. The third-order valence-electron chi connectivity index (χ3n) is 1.54.